The average Bonchev–Trinajstić information content (AvgIpc) is 2.29. The van der Waals surface area contributed by atoms with E-state index >= 15 is 0 Å². The normalized spacial score (nSPS) is 16.2. The van der Waals surface area contributed by atoms with E-state index in [1.165, 1.54) is 6.07 Å². The minimum absolute atomic E-state index is 0.0565. The number of nitrogens with one attached hydrogen (secondary N) is 1. The Labute approximate surface area is 93.3 Å². The maximum absolute atomic E-state index is 10.9. The van der Waals surface area contributed by atoms with E-state index in [2.05, 4.69) is 20.2 Å². The van der Waals surface area contributed by atoms with Crippen molar-refractivity contribution in [2.75, 3.05) is 31.1 Å². The van der Waals surface area contributed by atoms with Gasteiger partial charge in [-0.1, -0.05) is 0 Å². The lowest BCUT2D eigenvalue weighted by atomic mass is 10.3. The molecule has 0 atom stereocenters. The summed E-state index contributed by atoms with van der Waals surface area (Å²) in [6.45, 7) is 5.18. The van der Waals surface area contributed by atoms with Crippen LogP contribution in [-0.4, -0.2) is 47.2 Å². The van der Waals surface area contributed by atoms with Gasteiger partial charge in [-0.2, -0.15) is 0 Å². The van der Waals surface area contributed by atoms with Crippen molar-refractivity contribution in [1.82, 2.24) is 15.3 Å². The lowest BCUT2D eigenvalue weighted by molar-refractivity contribution is 0.0690. The molecule has 1 aromatic rings. The van der Waals surface area contributed by atoms with E-state index < -0.39 is 5.97 Å². The maximum Gasteiger partial charge on any atom is 0.354 e. The zero-order valence-corrected chi connectivity index (χ0v) is 9.10. The first-order valence-electron chi connectivity index (χ1n) is 5.21. The van der Waals surface area contributed by atoms with E-state index in [0.717, 1.165) is 26.2 Å². The number of hydrogen-bond donors (Lipinski definition) is 2. The molecule has 0 bridgehead atoms. The van der Waals surface area contributed by atoms with Crippen LogP contribution in [0.15, 0.2) is 6.07 Å². The van der Waals surface area contributed by atoms with Gasteiger partial charge in [0.15, 0.2) is 5.69 Å². The molecule has 0 saturated carbocycles. The monoisotopic (exact) mass is 222 g/mol. The molecule has 1 aromatic heterocycles. The summed E-state index contributed by atoms with van der Waals surface area (Å²) in [6.07, 6.45) is 0. The van der Waals surface area contributed by atoms with Crippen LogP contribution in [0.5, 0.6) is 0 Å². The predicted molar refractivity (Wildman–Crippen MR) is 58.8 cm³/mol. The van der Waals surface area contributed by atoms with Gasteiger partial charge in [-0.15, -0.1) is 0 Å². The summed E-state index contributed by atoms with van der Waals surface area (Å²) < 4.78 is 0. The van der Waals surface area contributed by atoms with Gasteiger partial charge in [0.05, 0.1) is 0 Å². The summed E-state index contributed by atoms with van der Waals surface area (Å²) >= 11 is 0. The molecule has 2 rings (SSSR count). The van der Waals surface area contributed by atoms with Crippen molar-refractivity contribution in [3.05, 3.63) is 17.6 Å². The number of aromatic carboxylic acids is 1. The van der Waals surface area contributed by atoms with Crippen molar-refractivity contribution in [3.63, 3.8) is 0 Å². The topological polar surface area (TPSA) is 78.3 Å². The number of rotatable bonds is 2. The van der Waals surface area contributed by atoms with Crippen molar-refractivity contribution in [3.8, 4) is 0 Å². The molecule has 86 valence electrons. The second kappa shape index (κ2) is 4.44. The molecular weight excluding hydrogens is 208 g/mol. The molecule has 0 amide bonds. The minimum Gasteiger partial charge on any atom is -0.477 e. The number of hydrogen-bond acceptors (Lipinski definition) is 5. The van der Waals surface area contributed by atoms with Crippen LogP contribution in [0.4, 0.5) is 5.82 Å². The second-order valence-electron chi connectivity index (χ2n) is 3.70. The van der Waals surface area contributed by atoms with E-state index in [0.29, 0.717) is 11.6 Å². The Morgan fingerprint density at radius 3 is 2.75 bits per heavy atom. The van der Waals surface area contributed by atoms with Crippen LogP contribution in [0.1, 0.15) is 16.3 Å². The number of nitrogens with zero attached hydrogens (tertiary/aromatic N) is 3. The number of carbonyl (C=O) groups is 1. The molecular formula is C10H14N4O2. The Hall–Kier alpha value is -1.69. The highest BCUT2D eigenvalue weighted by Gasteiger charge is 2.15. The lowest BCUT2D eigenvalue weighted by Gasteiger charge is -2.28. The van der Waals surface area contributed by atoms with Gasteiger partial charge in [0.2, 0.25) is 0 Å². The highest BCUT2D eigenvalue weighted by atomic mass is 16.4. The number of carboxylic acid groups (broad SMARTS) is 1. The zero-order valence-electron chi connectivity index (χ0n) is 9.10. The van der Waals surface area contributed by atoms with Gasteiger partial charge in [0.25, 0.3) is 0 Å². The van der Waals surface area contributed by atoms with E-state index in [1.54, 1.807) is 6.92 Å². The molecule has 16 heavy (non-hydrogen) atoms. The SMILES string of the molecule is Cc1nc(C(=O)O)cc(N2CCNCC2)n1. The molecule has 6 heteroatoms. The van der Waals surface area contributed by atoms with Gasteiger partial charge in [-0.05, 0) is 6.92 Å². The van der Waals surface area contributed by atoms with Gasteiger partial charge < -0.3 is 15.3 Å². The third-order valence-electron chi connectivity index (χ3n) is 2.48. The van der Waals surface area contributed by atoms with Crippen molar-refractivity contribution in [1.29, 1.82) is 0 Å². The molecule has 1 fully saturated rings. The first kappa shape index (κ1) is 10.8. The maximum atomic E-state index is 10.9. The Kier molecular flexibility index (Phi) is 3.00. The summed E-state index contributed by atoms with van der Waals surface area (Å²) in [6, 6.07) is 1.53. The van der Waals surface area contributed by atoms with Gasteiger partial charge >= 0.3 is 5.97 Å². The van der Waals surface area contributed by atoms with Crippen molar-refractivity contribution >= 4 is 11.8 Å². The first-order valence-corrected chi connectivity index (χ1v) is 5.21. The van der Waals surface area contributed by atoms with E-state index in [-0.39, 0.29) is 5.69 Å². The Bertz CT molecular complexity index is 402. The predicted octanol–water partition coefficient (Wildman–Crippen LogP) is -0.107. The van der Waals surface area contributed by atoms with Crippen LogP contribution in [0.2, 0.25) is 0 Å². The Morgan fingerprint density at radius 1 is 1.44 bits per heavy atom. The first-order chi connectivity index (χ1) is 7.66. The number of aromatic nitrogens is 2. The number of piperazine rings is 1. The fourth-order valence-electron chi connectivity index (χ4n) is 1.72. The van der Waals surface area contributed by atoms with Crippen molar-refractivity contribution in [2.24, 2.45) is 0 Å². The van der Waals surface area contributed by atoms with E-state index in [4.69, 9.17) is 5.11 Å². The largest absolute Gasteiger partial charge is 0.477 e. The molecule has 0 radical (unpaired) electrons. The molecule has 1 aliphatic rings. The third kappa shape index (κ3) is 2.27. The standard InChI is InChI=1S/C10H14N4O2/c1-7-12-8(10(15)16)6-9(13-7)14-4-2-11-3-5-14/h6,11H,2-5H2,1H3,(H,15,16). The van der Waals surface area contributed by atoms with Crippen LogP contribution >= 0.6 is 0 Å². The molecule has 1 aliphatic heterocycles. The zero-order chi connectivity index (χ0) is 11.5. The lowest BCUT2D eigenvalue weighted by Crippen LogP contribution is -2.44. The van der Waals surface area contributed by atoms with Crippen LogP contribution in [0.3, 0.4) is 0 Å². The molecule has 0 aliphatic carbocycles. The van der Waals surface area contributed by atoms with Crippen molar-refractivity contribution in [2.45, 2.75) is 6.92 Å². The highest BCUT2D eigenvalue weighted by molar-refractivity contribution is 5.86. The van der Waals surface area contributed by atoms with Crippen LogP contribution in [-0.2, 0) is 0 Å². The smallest absolute Gasteiger partial charge is 0.354 e. The number of aryl methyl sites for hydroxylation is 1. The molecule has 0 unspecified atom stereocenters. The Balaban J connectivity index is 2.28. The summed E-state index contributed by atoms with van der Waals surface area (Å²) in [7, 11) is 0. The minimum atomic E-state index is -1.01. The fraction of sp³-hybridized carbons (Fsp3) is 0.500. The summed E-state index contributed by atoms with van der Waals surface area (Å²) in [5.74, 6) is 0.182. The quantitative estimate of drug-likeness (QED) is 0.727. The highest BCUT2D eigenvalue weighted by Crippen LogP contribution is 2.13. The van der Waals surface area contributed by atoms with Gasteiger partial charge in [0, 0.05) is 32.2 Å². The van der Waals surface area contributed by atoms with E-state index in [9.17, 15) is 4.79 Å². The molecule has 6 nitrogen and oxygen atoms in total. The fourth-order valence-corrected chi connectivity index (χ4v) is 1.72. The average molecular weight is 222 g/mol. The second-order valence-corrected chi connectivity index (χ2v) is 3.70. The molecule has 1 saturated heterocycles. The summed E-state index contributed by atoms with van der Waals surface area (Å²) in [5.41, 5.74) is 0.0565. The summed E-state index contributed by atoms with van der Waals surface area (Å²) in [4.78, 5) is 21.1. The van der Waals surface area contributed by atoms with Crippen LogP contribution < -0.4 is 10.2 Å². The van der Waals surface area contributed by atoms with Gasteiger partial charge in [-0.25, -0.2) is 14.8 Å². The van der Waals surface area contributed by atoms with Crippen molar-refractivity contribution < 1.29 is 9.90 Å². The number of carboxylic acids is 1. The Morgan fingerprint density at radius 2 is 2.12 bits per heavy atom. The molecule has 2 heterocycles. The van der Waals surface area contributed by atoms with Crippen LogP contribution in [0, 0.1) is 6.92 Å². The summed E-state index contributed by atoms with van der Waals surface area (Å²) in [5, 5.41) is 12.1. The number of anilines is 1. The van der Waals surface area contributed by atoms with Gasteiger partial charge in [-0.3, -0.25) is 0 Å². The van der Waals surface area contributed by atoms with Crippen LogP contribution in [0.25, 0.3) is 0 Å². The van der Waals surface area contributed by atoms with E-state index in [1.807, 2.05) is 0 Å². The molecule has 0 spiro atoms. The third-order valence-corrected chi connectivity index (χ3v) is 2.48. The molecule has 0 aromatic carbocycles. The molecule has 2 N–H and O–H groups in total. The van der Waals surface area contributed by atoms with Gasteiger partial charge in [0.1, 0.15) is 11.6 Å².